The number of aryl methyl sites for hydroxylation is 1. The van der Waals surface area contributed by atoms with Crippen LogP contribution in [0.4, 0.5) is 0 Å². The Balaban J connectivity index is 1.59. The van der Waals surface area contributed by atoms with Gasteiger partial charge in [0.25, 0.3) is 0 Å². The van der Waals surface area contributed by atoms with Crippen molar-refractivity contribution >= 4 is 11.3 Å². The summed E-state index contributed by atoms with van der Waals surface area (Å²) >= 11 is 1.74. The second-order valence-corrected chi connectivity index (χ2v) is 7.10. The third-order valence-electron chi connectivity index (χ3n) is 4.41. The SMILES string of the molecule is Cc1cc(-c2ccccc2)nc(CN2CCCC2c2nccs2)n1. The molecule has 0 aliphatic carbocycles. The number of rotatable bonds is 4. The van der Waals surface area contributed by atoms with Gasteiger partial charge in [-0.15, -0.1) is 11.3 Å². The molecule has 4 nitrogen and oxygen atoms in total. The van der Waals surface area contributed by atoms with E-state index in [-0.39, 0.29) is 0 Å². The Morgan fingerprint density at radius 1 is 1.21 bits per heavy atom. The maximum atomic E-state index is 4.81. The highest BCUT2D eigenvalue weighted by atomic mass is 32.1. The van der Waals surface area contributed by atoms with E-state index in [1.54, 1.807) is 11.3 Å². The van der Waals surface area contributed by atoms with E-state index in [2.05, 4.69) is 38.4 Å². The molecule has 5 heteroatoms. The average Bonchev–Trinajstić information content (AvgIpc) is 3.26. The summed E-state index contributed by atoms with van der Waals surface area (Å²) in [5, 5.41) is 3.27. The van der Waals surface area contributed by atoms with Crippen LogP contribution in [0.3, 0.4) is 0 Å². The van der Waals surface area contributed by atoms with E-state index in [0.717, 1.165) is 35.9 Å². The molecule has 4 rings (SSSR count). The van der Waals surface area contributed by atoms with Gasteiger partial charge in [0.2, 0.25) is 0 Å². The summed E-state index contributed by atoms with van der Waals surface area (Å²) in [6.45, 7) is 3.91. The third-order valence-corrected chi connectivity index (χ3v) is 5.29. The summed E-state index contributed by atoms with van der Waals surface area (Å²) < 4.78 is 0. The lowest BCUT2D eigenvalue weighted by Crippen LogP contribution is -2.24. The van der Waals surface area contributed by atoms with E-state index >= 15 is 0 Å². The minimum absolute atomic E-state index is 0.411. The van der Waals surface area contributed by atoms with Gasteiger partial charge in [0.1, 0.15) is 10.8 Å². The molecule has 1 aliphatic heterocycles. The molecule has 0 N–H and O–H groups in total. The van der Waals surface area contributed by atoms with Crippen LogP contribution in [0.25, 0.3) is 11.3 Å². The quantitative estimate of drug-likeness (QED) is 0.714. The van der Waals surface area contributed by atoms with Gasteiger partial charge in [0.15, 0.2) is 0 Å². The normalized spacial score (nSPS) is 18.1. The lowest BCUT2D eigenvalue weighted by atomic mass is 10.1. The van der Waals surface area contributed by atoms with Gasteiger partial charge in [-0.2, -0.15) is 0 Å². The Morgan fingerprint density at radius 2 is 2.08 bits per heavy atom. The zero-order valence-electron chi connectivity index (χ0n) is 13.7. The topological polar surface area (TPSA) is 41.9 Å². The van der Waals surface area contributed by atoms with Gasteiger partial charge in [-0.3, -0.25) is 4.90 Å². The monoisotopic (exact) mass is 336 g/mol. The number of benzene rings is 1. The first kappa shape index (κ1) is 15.4. The highest BCUT2D eigenvalue weighted by Crippen LogP contribution is 2.33. The molecule has 1 aliphatic rings. The molecule has 1 aromatic carbocycles. The highest BCUT2D eigenvalue weighted by Gasteiger charge is 2.28. The summed E-state index contributed by atoms with van der Waals surface area (Å²) in [6, 6.07) is 12.8. The maximum absolute atomic E-state index is 4.81. The van der Waals surface area contributed by atoms with E-state index in [1.807, 2.05) is 31.3 Å². The van der Waals surface area contributed by atoms with E-state index in [4.69, 9.17) is 4.98 Å². The first-order chi connectivity index (χ1) is 11.8. The van der Waals surface area contributed by atoms with Gasteiger partial charge in [0, 0.05) is 22.8 Å². The van der Waals surface area contributed by atoms with Crippen LogP contribution in [0.2, 0.25) is 0 Å². The van der Waals surface area contributed by atoms with Crippen molar-refractivity contribution in [2.45, 2.75) is 32.4 Å². The van der Waals surface area contributed by atoms with Crippen LogP contribution < -0.4 is 0 Å². The van der Waals surface area contributed by atoms with Crippen molar-refractivity contribution in [3.8, 4) is 11.3 Å². The van der Waals surface area contributed by atoms with Crippen molar-refractivity contribution in [3.05, 3.63) is 64.5 Å². The molecule has 24 heavy (non-hydrogen) atoms. The van der Waals surface area contributed by atoms with Crippen LogP contribution in [0.5, 0.6) is 0 Å². The van der Waals surface area contributed by atoms with Crippen LogP contribution in [0.15, 0.2) is 48.0 Å². The summed E-state index contributed by atoms with van der Waals surface area (Å²) in [5.74, 6) is 0.900. The van der Waals surface area contributed by atoms with E-state index < -0.39 is 0 Å². The summed E-state index contributed by atoms with van der Waals surface area (Å²) in [5.41, 5.74) is 3.16. The minimum atomic E-state index is 0.411. The maximum Gasteiger partial charge on any atom is 0.143 e. The smallest absolute Gasteiger partial charge is 0.143 e. The van der Waals surface area contributed by atoms with Gasteiger partial charge in [-0.25, -0.2) is 15.0 Å². The molecular formula is C19H20N4S. The predicted molar refractivity (Wildman–Crippen MR) is 96.7 cm³/mol. The Labute approximate surface area is 146 Å². The Morgan fingerprint density at radius 3 is 2.88 bits per heavy atom. The Kier molecular flexibility index (Phi) is 4.36. The number of nitrogens with zero attached hydrogens (tertiary/aromatic N) is 4. The standard InChI is InChI=1S/C19H20N4S/c1-14-12-16(15-6-3-2-4-7-15)22-18(21-14)13-23-10-5-8-17(23)19-20-9-11-24-19/h2-4,6-7,9,11-12,17H,5,8,10,13H2,1H3. The molecule has 0 spiro atoms. The van der Waals surface area contributed by atoms with Crippen molar-refractivity contribution in [1.82, 2.24) is 19.9 Å². The first-order valence-electron chi connectivity index (χ1n) is 8.33. The number of hydrogen-bond donors (Lipinski definition) is 0. The minimum Gasteiger partial charge on any atom is -0.286 e. The molecular weight excluding hydrogens is 316 g/mol. The van der Waals surface area contributed by atoms with Gasteiger partial charge >= 0.3 is 0 Å². The van der Waals surface area contributed by atoms with Crippen molar-refractivity contribution in [1.29, 1.82) is 0 Å². The zero-order valence-corrected chi connectivity index (χ0v) is 14.5. The highest BCUT2D eigenvalue weighted by molar-refractivity contribution is 7.09. The molecule has 1 unspecified atom stereocenters. The lowest BCUT2D eigenvalue weighted by Gasteiger charge is -2.22. The van der Waals surface area contributed by atoms with Crippen LogP contribution in [-0.2, 0) is 6.54 Å². The van der Waals surface area contributed by atoms with Crippen molar-refractivity contribution in [3.63, 3.8) is 0 Å². The second-order valence-electron chi connectivity index (χ2n) is 6.18. The Hall–Kier alpha value is -2.11. The fourth-order valence-electron chi connectivity index (χ4n) is 3.33. The van der Waals surface area contributed by atoms with Gasteiger partial charge in [-0.1, -0.05) is 30.3 Å². The molecule has 2 aromatic heterocycles. The molecule has 0 amide bonds. The average molecular weight is 336 g/mol. The fourth-order valence-corrected chi connectivity index (χ4v) is 4.14. The van der Waals surface area contributed by atoms with Gasteiger partial charge < -0.3 is 0 Å². The molecule has 3 heterocycles. The number of likely N-dealkylation sites (tertiary alicyclic amines) is 1. The van der Waals surface area contributed by atoms with Gasteiger partial charge in [0.05, 0.1) is 18.3 Å². The van der Waals surface area contributed by atoms with E-state index in [9.17, 15) is 0 Å². The number of hydrogen-bond acceptors (Lipinski definition) is 5. The van der Waals surface area contributed by atoms with Crippen LogP contribution in [0.1, 0.15) is 35.4 Å². The van der Waals surface area contributed by atoms with Crippen LogP contribution in [-0.4, -0.2) is 26.4 Å². The first-order valence-corrected chi connectivity index (χ1v) is 9.21. The fraction of sp³-hybridized carbons (Fsp3) is 0.316. The molecule has 0 radical (unpaired) electrons. The lowest BCUT2D eigenvalue weighted by molar-refractivity contribution is 0.241. The van der Waals surface area contributed by atoms with Crippen LogP contribution in [0, 0.1) is 6.92 Å². The zero-order chi connectivity index (χ0) is 16.4. The molecule has 0 bridgehead atoms. The van der Waals surface area contributed by atoms with E-state index in [1.165, 1.54) is 17.8 Å². The largest absolute Gasteiger partial charge is 0.286 e. The Bertz CT molecular complexity index is 801. The van der Waals surface area contributed by atoms with Crippen molar-refractivity contribution in [2.75, 3.05) is 6.54 Å². The second kappa shape index (κ2) is 6.79. The molecule has 122 valence electrons. The summed E-state index contributed by atoms with van der Waals surface area (Å²) in [4.78, 5) is 16.5. The van der Waals surface area contributed by atoms with Crippen molar-refractivity contribution in [2.24, 2.45) is 0 Å². The summed E-state index contributed by atoms with van der Waals surface area (Å²) in [6.07, 6.45) is 4.28. The molecule has 1 atom stereocenters. The van der Waals surface area contributed by atoms with Gasteiger partial charge in [-0.05, 0) is 32.4 Å². The number of thiazole rings is 1. The summed E-state index contributed by atoms with van der Waals surface area (Å²) in [7, 11) is 0. The molecule has 0 saturated carbocycles. The number of aromatic nitrogens is 3. The van der Waals surface area contributed by atoms with E-state index in [0.29, 0.717) is 6.04 Å². The van der Waals surface area contributed by atoms with Crippen molar-refractivity contribution < 1.29 is 0 Å². The molecule has 1 saturated heterocycles. The predicted octanol–water partition coefficient (Wildman–Crippen LogP) is 4.25. The molecule has 3 aromatic rings. The molecule has 1 fully saturated rings. The third kappa shape index (κ3) is 3.23. The van der Waals surface area contributed by atoms with Crippen LogP contribution >= 0.6 is 11.3 Å².